The van der Waals surface area contributed by atoms with Gasteiger partial charge in [-0.2, -0.15) is 0 Å². The molecule has 0 aliphatic heterocycles. The predicted molar refractivity (Wildman–Crippen MR) is 105 cm³/mol. The first-order valence-corrected chi connectivity index (χ1v) is 8.99. The first kappa shape index (κ1) is 17.9. The van der Waals surface area contributed by atoms with E-state index in [2.05, 4.69) is 15.3 Å². The number of aromatic nitrogens is 3. The second-order valence-corrected chi connectivity index (χ2v) is 6.65. The van der Waals surface area contributed by atoms with E-state index in [0.29, 0.717) is 12.1 Å². The molecule has 0 fully saturated rings. The van der Waals surface area contributed by atoms with Gasteiger partial charge in [0, 0.05) is 18.4 Å². The number of halogens is 1. The van der Waals surface area contributed by atoms with Gasteiger partial charge in [-0.15, -0.1) is 0 Å². The van der Waals surface area contributed by atoms with Gasteiger partial charge in [0.05, 0.1) is 29.0 Å². The van der Waals surface area contributed by atoms with E-state index in [0.717, 1.165) is 22.3 Å². The summed E-state index contributed by atoms with van der Waals surface area (Å²) in [5, 5.41) is 3.04. The molecule has 2 heterocycles. The van der Waals surface area contributed by atoms with Crippen molar-refractivity contribution >= 4 is 16.9 Å². The molecule has 5 nitrogen and oxygen atoms in total. The Morgan fingerprint density at radius 1 is 1.07 bits per heavy atom. The molecule has 2 aromatic heterocycles. The Balaban J connectivity index is 1.64. The minimum atomic E-state index is -0.355. The fourth-order valence-corrected chi connectivity index (χ4v) is 3.13. The summed E-state index contributed by atoms with van der Waals surface area (Å²) >= 11 is 0. The molecule has 4 rings (SSSR count). The molecule has 140 valence electrons. The van der Waals surface area contributed by atoms with Crippen molar-refractivity contribution in [3.8, 4) is 0 Å². The summed E-state index contributed by atoms with van der Waals surface area (Å²) in [6, 6.07) is 17.2. The van der Waals surface area contributed by atoms with Crippen molar-refractivity contribution in [2.24, 2.45) is 0 Å². The molecule has 0 spiro atoms. The highest BCUT2D eigenvalue weighted by Crippen LogP contribution is 2.20. The molecule has 0 bridgehead atoms. The Kier molecular flexibility index (Phi) is 4.85. The quantitative estimate of drug-likeness (QED) is 0.573. The van der Waals surface area contributed by atoms with E-state index >= 15 is 0 Å². The molecule has 4 aromatic rings. The van der Waals surface area contributed by atoms with Crippen LogP contribution in [-0.2, 0) is 6.54 Å². The Morgan fingerprint density at radius 2 is 1.86 bits per heavy atom. The number of nitrogens with one attached hydrogen (secondary N) is 1. The molecular weight excluding hydrogens is 355 g/mol. The van der Waals surface area contributed by atoms with Crippen LogP contribution in [0.2, 0.25) is 0 Å². The lowest BCUT2D eigenvalue weighted by molar-refractivity contribution is 0.0932. The Labute approximate surface area is 161 Å². The molecule has 0 aliphatic rings. The maximum Gasteiger partial charge on any atom is 0.253 e. The number of para-hydroxylation sites is 2. The van der Waals surface area contributed by atoms with E-state index in [1.165, 1.54) is 12.1 Å². The van der Waals surface area contributed by atoms with E-state index in [-0.39, 0.29) is 17.8 Å². The van der Waals surface area contributed by atoms with Crippen molar-refractivity contribution in [3.05, 3.63) is 95.8 Å². The molecule has 28 heavy (non-hydrogen) atoms. The zero-order valence-corrected chi connectivity index (χ0v) is 15.3. The van der Waals surface area contributed by atoms with E-state index in [4.69, 9.17) is 0 Å². The number of aryl methyl sites for hydroxylation is 1. The summed E-state index contributed by atoms with van der Waals surface area (Å²) in [5.41, 5.74) is 3.99. The fourth-order valence-electron chi connectivity index (χ4n) is 3.13. The first-order valence-electron chi connectivity index (χ1n) is 8.99. The third-order valence-electron chi connectivity index (χ3n) is 4.66. The van der Waals surface area contributed by atoms with Crippen molar-refractivity contribution in [2.45, 2.75) is 19.5 Å². The van der Waals surface area contributed by atoms with Crippen LogP contribution in [0.1, 0.15) is 27.7 Å². The molecular formula is C22H19FN4O. The van der Waals surface area contributed by atoms with Gasteiger partial charge in [-0.1, -0.05) is 24.3 Å². The van der Waals surface area contributed by atoms with Crippen LogP contribution in [0.15, 0.2) is 73.2 Å². The Bertz CT molecular complexity index is 1100. The van der Waals surface area contributed by atoms with Crippen LogP contribution < -0.4 is 5.32 Å². The largest absolute Gasteiger partial charge is 0.343 e. The topological polar surface area (TPSA) is 59.8 Å². The highest BCUT2D eigenvalue weighted by Gasteiger charge is 2.18. The lowest BCUT2D eigenvalue weighted by Crippen LogP contribution is -2.31. The number of imidazole rings is 1. The van der Waals surface area contributed by atoms with Crippen molar-refractivity contribution in [3.63, 3.8) is 0 Å². The van der Waals surface area contributed by atoms with E-state index in [9.17, 15) is 9.18 Å². The Morgan fingerprint density at radius 3 is 2.61 bits per heavy atom. The number of rotatable bonds is 5. The number of pyridine rings is 1. The van der Waals surface area contributed by atoms with Crippen LogP contribution >= 0.6 is 0 Å². The predicted octanol–water partition coefficient (Wildman–Crippen LogP) is 4.05. The Hall–Kier alpha value is -3.54. The van der Waals surface area contributed by atoms with Gasteiger partial charge in [0.2, 0.25) is 0 Å². The van der Waals surface area contributed by atoms with Crippen LogP contribution in [0.25, 0.3) is 11.0 Å². The van der Waals surface area contributed by atoms with Gasteiger partial charge in [0.1, 0.15) is 5.82 Å². The number of hydrogen-bond donors (Lipinski definition) is 1. The lowest BCUT2D eigenvalue weighted by atomic mass is 10.1. The average Bonchev–Trinajstić information content (AvgIpc) is 3.11. The molecule has 6 heteroatoms. The number of nitrogens with zero attached hydrogens (tertiary/aromatic N) is 3. The molecule has 1 amide bonds. The lowest BCUT2D eigenvalue weighted by Gasteiger charge is -2.20. The van der Waals surface area contributed by atoms with Crippen molar-refractivity contribution in [2.75, 3.05) is 0 Å². The zero-order chi connectivity index (χ0) is 19.5. The third kappa shape index (κ3) is 3.76. The summed E-state index contributed by atoms with van der Waals surface area (Å²) in [5.74, 6) is -0.545. The van der Waals surface area contributed by atoms with Crippen LogP contribution in [0.4, 0.5) is 4.39 Å². The second kappa shape index (κ2) is 7.60. The highest BCUT2D eigenvalue weighted by atomic mass is 19.1. The van der Waals surface area contributed by atoms with Crippen LogP contribution in [0.5, 0.6) is 0 Å². The first-order chi connectivity index (χ1) is 13.6. The SMILES string of the molecule is Cc1ccc(C(=O)N[C@@H](Cn2cnc3ccccc32)c2ccc(F)cc2)cn1. The number of hydrogen-bond acceptors (Lipinski definition) is 3. The van der Waals surface area contributed by atoms with E-state index in [1.54, 1.807) is 36.8 Å². The van der Waals surface area contributed by atoms with Crippen LogP contribution in [-0.4, -0.2) is 20.4 Å². The zero-order valence-electron chi connectivity index (χ0n) is 15.3. The van der Waals surface area contributed by atoms with Crippen molar-refractivity contribution in [1.82, 2.24) is 19.9 Å². The van der Waals surface area contributed by atoms with Gasteiger partial charge >= 0.3 is 0 Å². The molecule has 0 saturated carbocycles. The minimum Gasteiger partial charge on any atom is -0.343 e. The minimum absolute atomic E-state index is 0.230. The number of carbonyl (C=O) groups is 1. The molecule has 1 atom stereocenters. The van der Waals surface area contributed by atoms with Gasteiger partial charge in [-0.3, -0.25) is 9.78 Å². The van der Waals surface area contributed by atoms with Crippen molar-refractivity contribution < 1.29 is 9.18 Å². The van der Waals surface area contributed by atoms with Gasteiger partial charge in [-0.05, 0) is 48.9 Å². The summed E-state index contributed by atoms with van der Waals surface area (Å²) in [4.78, 5) is 21.3. The standard InChI is InChI=1S/C22H19FN4O/c1-15-6-7-17(12-24-15)22(28)26-20(16-8-10-18(23)11-9-16)13-27-14-25-19-4-2-3-5-21(19)27/h2-12,14,20H,13H2,1H3,(H,26,28)/t20-/m0/s1. The molecule has 2 aromatic carbocycles. The number of carbonyl (C=O) groups excluding carboxylic acids is 1. The monoisotopic (exact) mass is 374 g/mol. The molecule has 1 N–H and O–H groups in total. The molecule has 0 saturated heterocycles. The van der Waals surface area contributed by atoms with Gasteiger partial charge < -0.3 is 9.88 Å². The third-order valence-corrected chi connectivity index (χ3v) is 4.66. The van der Waals surface area contributed by atoms with E-state index < -0.39 is 0 Å². The van der Waals surface area contributed by atoms with Crippen LogP contribution in [0.3, 0.4) is 0 Å². The number of benzene rings is 2. The van der Waals surface area contributed by atoms with Gasteiger partial charge in [0.15, 0.2) is 0 Å². The fraction of sp³-hybridized carbons (Fsp3) is 0.136. The summed E-state index contributed by atoms with van der Waals surface area (Å²) in [7, 11) is 0. The van der Waals surface area contributed by atoms with Gasteiger partial charge in [0.25, 0.3) is 5.91 Å². The maximum absolute atomic E-state index is 13.4. The second-order valence-electron chi connectivity index (χ2n) is 6.65. The highest BCUT2D eigenvalue weighted by molar-refractivity contribution is 5.94. The smallest absolute Gasteiger partial charge is 0.253 e. The summed E-state index contributed by atoms with van der Waals surface area (Å²) in [6.45, 7) is 2.34. The van der Waals surface area contributed by atoms with Gasteiger partial charge in [-0.25, -0.2) is 9.37 Å². The molecule has 0 unspecified atom stereocenters. The average molecular weight is 374 g/mol. The summed E-state index contributed by atoms with van der Waals surface area (Å²) < 4.78 is 15.4. The van der Waals surface area contributed by atoms with Crippen molar-refractivity contribution in [1.29, 1.82) is 0 Å². The molecule has 0 radical (unpaired) electrons. The maximum atomic E-state index is 13.4. The number of fused-ring (bicyclic) bond motifs is 1. The normalized spacial score (nSPS) is 12.1. The summed E-state index contributed by atoms with van der Waals surface area (Å²) in [6.07, 6.45) is 3.31. The number of amides is 1. The van der Waals surface area contributed by atoms with E-state index in [1.807, 2.05) is 35.8 Å². The van der Waals surface area contributed by atoms with Crippen LogP contribution in [0, 0.1) is 12.7 Å². The molecule has 0 aliphatic carbocycles.